The summed E-state index contributed by atoms with van der Waals surface area (Å²) >= 11 is 0. The number of halogens is 1. The van der Waals surface area contributed by atoms with Crippen molar-refractivity contribution < 1.29 is 23.5 Å². The maximum absolute atomic E-state index is 13.4. The van der Waals surface area contributed by atoms with Gasteiger partial charge in [0.05, 0.1) is 6.54 Å². The maximum atomic E-state index is 13.4. The highest BCUT2D eigenvalue weighted by Crippen LogP contribution is 2.07. The molecule has 0 radical (unpaired) electrons. The predicted molar refractivity (Wildman–Crippen MR) is 95.7 cm³/mol. The van der Waals surface area contributed by atoms with Crippen LogP contribution in [0.3, 0.4) is 0 Å². The summed E-state index contributed by atoms with van der Waals surface area (Å²) in [4.78, 5) is 34.6. The number of carbonyl (C=O) groups excluding carboxylic acids is 3. The van der Waals surface area contributed by atoms with Gasteiger partial charge in [-0.1, -0.05) is 18.2 Å². The zero-order valence-corrected chi connectivity index (χ0v) is 15.1. The van der Waals surface area contributed by atoms with Crippen LogP contribution in [-0.4, -0.2) is 43.1 Å². The zero-order valence-electron chi connectivity index (χ0n) is 15.1. The summed E-state index contributed by atoms with van der Waals surface area (Å²) < 4.78 is 18.4. The highest BCUT2D eigenvalue weighted by atomic mass is 19.1. The first-order valence-corrected chi connectivity index (χ1v) is 8.11. The molecule has 0 saturated heterocycles. The highest BCUT2D eigenvalue weighted by Gasteiger charge is 2.16. The minimum absolute atomic E-state index is 0.189. The molecule has 0 bridgehead atoms. The Kier molecular flexibility index (Phi) is 8.27. The summed E-state index contributed by atoms with van der Waals surface area (Å²) in [7, 11) is 0. The van der Waals surface area contributed by atoms with Crippen LogP contribution < -0.4 is 16.0 Å². The second-order valence-electron chi connectivity index (χ2n) is 6.35. The van der Waals surface area contributed by atoms with Crippen molar-refractivity contribution in [2.45, 2.75) is 26.4 Å². The minimum atomic E-state index is -0.681. The number of nitrogens with one attached hydrogen (secondary N) is 3. The molecular weight excluding hydrogens is 341 g/mol. The maximum Gasteiger partial charge on any atom is 0.408 e. The molecule has 0 aliphatic rings. The average Bonchev–Trinajstić information content (AvgIpc) is 2.54. The number of hydrogen-bond acceptors (Lipinski definition) is 4. The van der Waals surface area contributed by atoms with E-state index in [1.54, 1.807) is 39.0 Å². The quantitative estimate of drug-likeness (QED) is 0.505. The highest BCUT2D eigenvalue weighted by molar-refractivity contribution is 5.91. The fourth-order valence-electron chi connectivity index (χ4n) is 1.75. The number of carbonyl (C=O) groups is 3. The summed E-state index contributed by atoms with van der Waals surface area (Å²) in [5.41, 5.74) is -0.328. The summed E-state index contributed by atoms with van der Waals surface area (Å²) in [6, 6.07) is 6.09. The van der Waals surface area contributed by atoms with Gasteiger partial charge in [-0.2, -0.15) is 0 Å². The number of alkyl carbamates (subject to hydrolysis) is 1. The Bertz CT molecular complexity index is 669. The Labute approximate surface area is 152 Å². The largest absolute Gasteiger partial charge is 0.444 e. The number of hydrogen-bond donors (Lipinski definition) is 3. The lowest BCUT2D eigenvalue weighted by molar-refractivity contribution is -0.120. The molecule has 0 unspecified atom stereocenters. The second-order valence-corrected chi connectivity index (χ2v) is 6.35. The van der Waals surface area contributed by atoms with E-state index in [-0.39, 0.29) is 19.6 Å². The molecule has 0 aliphatic heterocycles. The third kappa shape index (κ3) is 9.41. The smallest absolute Gasteiger partial charge is 0.408 e. The molecule has 7 nitrogen and oxygen atoms in total. The van der Waals surface area contributed by atoms with Gasteiger partial charge in [0.2, 0.25) is 11.8 Å². The van der Waals surface area contributed by atoms with Gasteiger partial charge in [-0.15, -0.1) is 0 Å². The van der Waals surface area contributed by atoms with Crippen LogP contribution in [0.5, 0.6) is 0 Å². The van der Waals surface area contributed by atoms with E-state index < -0.39 is 29.3 Å². The van der Waals surface area contributed by atoms with Crippen LogP contribution in [0.25, 0.3) is 6.08 Å². The molecular formula is C18H24FN3O4. The van der Waals surface area contributed by atoms with Gasteiger partial charge in [-0.3, -0.25) is 9.59 Å². The third-order valence-electron chi connectivity index (χ3n) is 2.86. The van der Waals surface area contributed by atoms with Gasteiger partial charge >= 0.3 is 6.09 Å². The summed E-state index contributed by atoms with van der Waals surface area (Å²) in [5.74, 6) is -1.23. The van der Waals surface area contributed by atoms with E-state index in [1.165, 1.54) is 18.2 Å². The second kappa shape index (κ2) is 10.2. The molecule has 3 N–H and O–H groups in total. The van der Waals surface area contributed by atoms with Crippen LogP contribution in [0.1, 0.15) is 26.3 Å². The molecule has 0 aromatic heterocycles. The molecule has 0 heterocycles. The molecule has 0 aliphatic carbocycles. The Morgan fingerprint density at radius 3 is 2.38 bits per heavy atom. The van der Waals surface area contributed by atoms with Crippen LogP contribution in [0.4, 0.5) is 9.18 Å². The summed E-state index contributed by atoms with van der Waals surface area (Å²) in [6.07, 6.45) is 1.90. The fourth-order valence-corrected chi connectivity index (χ4v) is 1.75. The Balaban J connectivity index is 2.19. The molecule has 8 heteroatoms. The van der Waals surface area contributed by atoms with Crippen molar-refractivity contribution in [3.63, 3.8) is 0 Å². The Hall–Kier alpha value is -2.90. The molecule has 1 aromatic rings. The zero-order chi connectivity index (χ0) is 19.6. The SMILES string of the molecule is CC(C)(C)OC(=O)NCC(=O)NCCNC(=O)/C=C/c1ccccc1F. The average molecular weight is 365 g/mol. The molecule has 1 aromatic carbocycles. The standard InChI is InChI=1S/C18H24FN3O4/c1-18(2,3)26-17(25)22-12-16(24)21-11-10-20-15(23)9-8-13-6-4-5-7-14(13)19/h4-9H,10-12H2,1-3H3,(H,20,23)(H,21,24)(H,22,25)/b9-8+. The topological polar surface area (TPSA) is 96.5 Å². The van der Waals surface area contributed by atoms with E-state index in [0.29, 0.717) is 5.56 Å². The van der Waals surface area contributed by atoms with Crippen LogP contribution in [0.2, 0.25) is 0 Å². The number of rotatable bonds is 7. The van der Waals surface area contributed by atoms with Crippen molar-refractivity contribution in [2.75, 3.05) is 19.6 Å². The van der Waals surface area contributed by atoms with Gasteiger partial charge < -0.3 is 20.7 Å². The van der Waals surface area contributed by atoms with E-state index in [4.69, 9.17) is 4.74 Å². The van der Waals surface area contributed by atoms with E-state index in [2.05, 4.69) is 16.0 Å². The first-order valence-electron chi connectivity index (χ1n) is 8.11. The molecule has 26 heavy (non-hydrogen) atoms. The van der Waals surface area contributed by atoms with E-state index in [1.807, 2.05) is 0 Å². The van der Waals surface area contributed by atoms with Crippen LogP contribution in [-0.2, 0) is 14.3 Å². The minimum Gasteiger partial charge on any atom is -0.444 e. The van der Waals surface area contributed by atoms with Crippen molar-refractivity contribution in [3.05, 3.63) is 41.7 Å². The van der Waals surface area contributed by atoms with E-state index >= 15 is 0 Å². The third-order valence-corrected chi connectivity index (χ3v) is 2.86. The van der Waals surface area contributed by atoms with Crippen molar-refractivity contribution >= 4 is 24.0 Å². The first kappa shape index (κ1) is 21.1. The monoisotopic (exact) mass is 365 g/mol. The van der Waals surface area contributed by atoms with Gasteiger partial charge in [-0.05, 0) is 32.9 Å². The molecule has 0 saturated carbocycles. The van der Waals surface area contributed by atoms with Crippen molar-refractivity contribution in [2.24, 2.45) is 0 Å². The van der Waals surface area contributed by atoms with E-state index in [9.17, 15) is 18.8 Å². The van der Waals surface area contributed by atoms with Crippen molar-refractivity contribution in [1.82, 2.24) is 16.0 Å². The molecule has 3 amide bonds. The van der Waals surface area contributed by atoms with Gasteiger partial charge in [-0.25, -0.2) is 9.18 Å². The lowest BCUT2D eigenvalue weighted by Crippen LogP contribution is -2.41. The molecule has 0 spiro atoms. The van der Waals surface area contributed by atoms with Gasteiger partial charge in [0.25, 0.3) is 0 Å². The predicted octanol–water partition coefficient (Wildman–Crippen LogP) is 1.60. The summed E-state index contributed by atoms with van der Waals surface area (Å²) in [5, 5.41) is 7.40. The normalized spacial score (nSPS) is 11.1. The van der Waals surface area contributed by atoms with E-state index in [0.717, 1.165) is 0 Å². The summed E-state index contributed by atoms with van der Waals surface area (Å²) in [6.45, 7) is 5.31. The van der Waals surface area contributed by atoms with Crippen molar-refractivity contribution in [3.8, 4) is 0 Å². The fraction of sp³-hybridized carbons (Fsp3) is 0.389. The Morgan fingerprint density at radius 1 is 1.08 bits per heavy atom. The lowest BCUT2D eigenvalue weighted by atomic mass is 10.2. The van der Waals surface area contributed by atoms with Gasteiger partial charge in [0, 0.05) is 24.7 Å². The van der Waals surface area contributed by atoms with Crippen LogP contribution >= 0.6 is 0 Å². The number of benzene rings is 1. The van der Waals surface area contributed by atoms with Crippen molar-refractivity contribution in [1.29, 1.82) is 0 Å². The molecule has 1 rings (SSSR count). The van der Waals surface area contributed by atoms with Gasteiger partial charge in [0.15, 0.2) is 0 Å². The number of amides is 3. The van der Waals surface area contributed by atoms with Crippen LogP contribution in [0.15, 0.2) is 30.3 Å². The lowest BCUT2D eigenvalue weighted by Gasteiger charge is -2.19. The Morgan fingerprint density at radius 2 is 1.73 bits per heavy atom. The van der Waals surface area contributed by atoms with Crippen LogP contribution in [0, 0.1) is 5.82 Å². The molecule has 0 fully saturated rings. The number of ether oxygens (including phenoxy) is 1. The molecule has 0 atom stereocenters. The first-order chi connectivity index (χ1) is 12.2. The molecule has 142 valence electrons. The van der Waals surface area contributed by atoms with Gasteiger partial charge in [0.1, 0.15) is 11.4 Å².